The summed E-state index contributed by atoms with van der Waals surface area (Å²) >= 11 is 0. The molecular formula is C6H5FO4. The molecule has 0 aliphatic carbocycles. The van der Waals surface area contributed by atoms with Crippen molar-refractivity contribution in [2.75, 3.05) is 0 Å². The zero-order valence-corrected chi connectivity index (χ0v) is 5.32. The Morgan fingerprint density at radius 3 is 2.18 bits per heavy atom. The number of rotatable bonds is 3. The van der Waals surface area contributed by atoms with Crippen molar-refractivity contribution < 1.29 is 24.2 Å². The van der Waals surface area contributed by atoms with Gasteiger partial charge in [-0.05, 0) is 6.08 Å². The predicted octanol–water partition coefficient (Wildman–Crippen LogP) is 0.565. The Morgan fingerprint density at radius 2 is 1.82 bits per heavy atom. The molecular weight excluding hydrogens is 155 g/mol. The van der Waals surface area contributed by atoms with Crippen LogP contribution in [0, 0.1) is 0 Å². The lowest BCUT2D eigenvalue weighted by atomic mass is 10.4. The number of halogens is 1. The van der Waals surface area contributed by atoms with E-state index in [1.165, 1.54) is 0 Å². The fourth-order valence-electron chi connectivity index (χ4n) is 0.286. The standard InChI is InChI=1S/C6H5FO4/c7-4(6(10)11)2-1-3-5(8)9/h1-3H,(H,8,9)(H,10,11). The first-order chi connectivity index (χ1) is 5.04. The van der Waals surface area contributed by atoms with Crippen molar-refractivity contribution in [1.29, 1.82) is 0 Å². The normalized spacial score (nSPS) is 11.9. The van der Waals surface area contributed by atoms with E-state index in [0.29, 0.717) is 12.2 Å². The average Bonchev–Trinajstić information content (AvgIpc) is 1.86. The van der Waals surface area contributed by atoms with Gasteiger partial charge in [-0.25, -0.2) is 9.59 Å². The van der Waals surface area contributed by atoms with Crippen molar-refractivity contribution in [2.24, 2.45) is 0 Å². The van der Waals surface area contributed by atoms with Crippen LogP contribution in [-0.4, -0.2) is 22.2 Å². The zero-order valence-electron chi connectivity index (χ0n) is 5.32. The molecule has 4 nitrogen and oxygen atoms in total. The number of hydrogen-bond donors (Lipinski definition) is 2. The van der Waals surface area contributed by atoms with Gasteiger partial charge in [-0.15, -0.1) is 0 Å². The molecule has 0 atom stereocenters. The Morgan fingerprint density at radius 1 is 1.27 bits per heavy atom. The van der Waals surface area contributed by atoms with Gasteiger partial charge in [0.05, 0.1) is 0 Å². The Labute approximate surface area is 61.3 Å². The topological polar surface area (TPSA) is 74.6 Å². The molecule has 0 saturated heterocycles. The summed E-state index contributed by atoms with van der Waals surface area (Å²) in [6.07, 6.45) is 1.98. The molecule has 0 amide bonds. The molecule has 0 saturated carbocycles. The van der Waals surface area contributed by atoms with E-state index in [2.05, 4.69) is 0 Å². The lowest BCUT2D eigenvalue weighted by Crippen LogP contribution is -1.93. The molecule has 0 bridgehead atoms. The molecule has 60 valence electrons. The van der Waals surface area contributed by atoms with E-state index in [4.69, 9.17) is 10.2 Å². The van der Waals surface area contributed by atoms with Crippen molar-refractivity contribution in [1.82, 2.24) is 0 Å². The van der Waals surface area contributed by atoms with Gasteiger partial charge in [0.1, 0.15) is 0 Å². The van der Waals surface area contributed by atoms with E-state index in [0.717, 1.165) is 6.08 Å². The van der Waals surface area contributed by atoms with Gasteiger partial charge in [-0.2, -0.15) is 4.39 Å². The zero-order chi connectivity index (χ0) is 8.85. The first kappa shape index (κ1) is 9.35. The minimum atomic E-state index is -1.72. The van der Waals surface area contributed by atoms with Crippen LogP contribution in [0.4, 0.5) is 4.39 Å². The van der Waals surface area contributed by atoms with Crippen LogP contribution in [0.5, 0.6) is 0 Å². The molecule has 2 N–H and O–H groups in total. The highest BCUT2D eigenvalue weighted by atomic mass is 19.1. The number of carboxylic acids is 2. The molecule has 0 aromatic heterocycles. The van der Waals surface area contributed by atoms with Crippen molar-refractivity contribution in [3.63, 3.8) is 0 Å². The van der Waals surface area contributed by atoms with Crippen molar-refractivity contribution in [2.45, 2.75) is 0 Å². The van der Waals surface area contributed by atoms with Crippen LogP contribution < -0.4 is 0 Å². The Kier molecular flexibility index (Phi) is 3.58. The second-order valence-corrected chi connectivity index (χ2v) is 1.52. The van der Waals surface area contributed by atoms with Crippen LogP contribution in [0.25, 0.3) is 0 Å². The van der Waals surface area contributed by atoms with E-state index < -0.39 is 17.8 Å². The van der Waals surface area contributed by atoms with E-state index in [1.54, 1.807) is 0 Å². The largest absolute Gasteiger partial charge is 0.478 e. The average molecular weight is 160 g/mol. The summed E-state index contributed by atoms with van der Waals surface area (Å²) in [7, 11) is 0. The first-order valence-corrected chi connectivity index (χ1v) is 2.54. The number of carboxylic acid groups (broad SMARTS) is 2. The summed E-state index contributed by atoms with van der Waals surface area (Å²) in [5.41, 5.74) is 0. The summed E-state index contributed by atoms with van der Waals surface area (Å²) in [6, 6.07) is 0. The number of carbonyl (C=O) groups is 2. The molecule has 0 aromatic carbocycles. The SMILES string of the molecule is O=C(O)C=CC=C(F)C(=O)O. The third kappa shape index (κ3) is 4.83. The third-order valence-corrected chi connectivity index (χ3v) is 0.686. The number of hydrogen-bond acceptors (Lipinski definition) is 2. The molecule has 0 aliphatic heterocycles. The van der Waals surface area contributed by atoms with Crippen LogP contribution in [0.3, 0.4) is 0 Å². The van der Waals surface area contributed by atoms with Crippen molar-refractivity contribution in [3.8, 4) is 0 Å². The molecule has 0 fully saturated rings. The summed E-state index contributed by atoms with van der Waals surface area (Å²) < 4.78 is 12.0. The summed E-state index contributed by atoms with van der Waals surface area (Å²) in [6.45, 7) is 0. The van der Waals surface area contributed by atoms with Crippen LogP contribution in [0.15, 0.2) is 24.1 Å². The van der Waals surface area contributed by atoms with Crippen LogP contribution in [0.2, 0.25) is 0 Å². The molecule has 0 unspecified atom stereocenters. The van der Waals surface area contributed by atoms with Gasteiger partial charge in [0.15, 0.2) is 0 Å². The lowest BCUT2D eigenvalue weighted by Gasteiger charge is -1.82. The number of allylic oxidation sites excluding steroid dienone is 2. The quantitative estimate of drug-likeness (QED) is 0.467. The maximum Gasteiger partial charge on any atom is 0.364 e. The molecule has 0 rings (SSSR count). The van der Waals surface area contributed by atoms with Gasteiger partial charge in [0, 0.05) is 6.08 Å². The highest BCUT2D eigenvalue weighted by Crippen LogP contribution is 1.95. The van der Waals surface area contributed by atoms with Crippen molar-refractivity contribution >= 4 is 11.9 Å². The molecule has 5 heteroatoms. The first-order valence-electron chi connectivity index (χ1n) is 2.54. The maximum absolute atomic E-state index is 12.0. The second kappa shape index (κ2) is 4.21. The van der Waals surface area contributed by atoms with Gasteiger partial charge in [0.2, 0.25) is 5.83 Å². The molecule has 0 aliphatic rings. The smallest absolute Gasteiger partial charge is 0.364 e. The van der Waals surface area contributed by atoms with E-state index in [9.17, 15) is 14.0 Å². The van der Waals surface area contributed by atoms with Gasteiger partial charge < -0.3 is 10.2 Å². The van der Waals surface area contributed by atoms with Gasteiger partial charge in [0.25, 0.3) is 0 Å². The summed E-state index contributed by atoms with van der Waals surface area (Å²) in [5.74, 6) is -4.39. The summed E-state index contributed by atoms with van der Waals surface area (Å²) in [5, 5.41) is 15.9. The van der Waals surface area contributed by atoms with Gasteiger partial charge >= 0.3 is 11.9 Å². The van der Waals surface area contributed by atoms with Gasteiger partial charge in [-0.3, -0.25) is 0 Å². The lowest BCUT2D eigenvalue weighted by molar-refractivity contribution is -0.134. The molecule has 0 spiro atoms. The Balaban J connectivity index is 4.13. The Bertz CT molecular complexity index is 229. The third-order valence-electron chi connectivity index (χ3n) is 0.686. The Hall–Kier alpha value is -1.65. The fourth-order valence-corrected chi connectivity index (χ4v) is 0.286. The van der Waals surface area contributed by atoms with E-state index in [-0.39, 0.29) is 0 Å². The van der Waals surface area contributed by atoms with E-state index in [1.807, 2.05) is 0 Å². The molecule has 11 heavy (non-hydrogen) atoms. The highest BCUT2D eigenvalue weighted by molar-refractivity contribution is 5.85. The van der Waals surface area contributed by atoms with E-state index >= 15 is 0 Å². The summed E-state index contributed by atoms with van der Waals surface area (Å²) in [4.78, 5) is 19.5. The minimum absolute atomic E-state index is 0.552. The predicted molar refractivity (Wildman–Crippen MR) is 33.6 cm³/mol. The maximum atomic E-state index is 12.0. The van der Waals surface area contributed by atoms with Crippen molar-refractivity contribution in [3.05, 3.63) is 24.1 Å². The van der Waals surface area contributed by atoms with Crippen LogP contribution in [0.1, 0.15) is 0 Å². The van der Waals surface area contributed by atoms with Crippen LogP contribution in [-0.2, 0) is 9.59 Å². The fraction of sp³-hybridized carbons (Fsp3) is 0. The molecule has 0 heterocycles. The molecule has 0 aromatic rings. The van der Waals surface area contributed by atoms with Gasteiger partial charge in [-0.1, -0.05) is 6.08 Å². The highest BCUT2D eigenvalue weighted by Gasteiger charge is 2.01. The monoisotopic (exact) mass is 160 g/mol. The van der Waals surface area contributed by atoms with Crippen LogP contribution >= 0.6 is 0 Å². The minimum Gasteiger partial charge on any atom is -0.478 e. The number of aliphatic carboxylic acids is 2. The molecule has 0 radical (unpaired) electrons. The second-order valence-electron chi connectivity index (χ2n) is 1.52.